The Hall–Kier alpha value is -1.92. The topological polar surface area (TPSA) is 75.6 Å². The van der Waals surface area contributed by atoms with E-state index in [4.69, 9.17) is 9.84 Å². The van der Waals surface area contributed by atoms with Gasteiger partial charge in [-0.05, 0) is 23.9 Å². The number of amides is 1. The van der Waals surface area contributed by atoms with E-state index in [1.165, 1.54) is 11.3 Å². The smallest absolute Gasteiger partial charge is 0.329 e. The SMILES string of the molecule is Cc1c(C(=O)NCCOCC(=O)O)sc2ccccc12. The van der Waals surface area contributed by atoms with Crippen LogP contribution in [0.5, 0.6) is 0 Å². The summed E-state index contributed by atoms with van der Waals surface area (Å²) in [6.07, 6.45) is 0. The zero-order valence-corrected chi connectivity index (χ0v) is 11.8. The molecule has 0 aliphatic carbocycles. The second-order valence-corrected chi connectivity index (χ2v) is 5.31. The number of fused-ring (bicyclic) bond motifs is 1. The first-order valence-electron chi connectivity index (χ1n) is 6.15. The lowest BCUT2D eigenvalue weighted by atomic mass is 10.1. The van der Waals surface area contributed by atoms with Gasteiger partial charge < -0.3 is 15.2 Å². The van der Waals surface area contributed by atoms with E-state index in [2.05, 4.69) is 5.32 Å². The largest absolute Gasteiger partial charge is 0.480 e. The van der Waals surface area contributed by atoms with Gasteiger partial charge in [-0.2, -0.15) is 0 Å². The second kappa shape index (κ2) is 6.49. The summed E-state index contributed by atoms with van der Waals surface area (Å²) < 4.78 is 5.94. The van der Waals surface area contributed by atoms with Crippen molar-refractivity contribution in [2.24, 2.45) is 0 Å². The van der Waals surface area contributed by atoms with Crippen molar-refractivity contribution in [1.82, 2.24) is 5.32 Å². The number of carboxylic acids is 1. The van der Waals surface area contributed by atoms with Crippen LogP contribution in [0.25, 0.3) is 10.1 Å². The molecule has 2 aromatic rings. The Bertz CT molecular complexity index is 635. The van der Waals surface area contributed by atoms with Crippen LogP contribution in [0.1, 0.15) is 15.2 Å². The molecular formula is C14H15NO4S. The number of carbonyl (C=O) groups excluding carboxylic acids is 1. The highest BCUT2D eigenvalue weighted by Gasteiger charge is 2.14. The molecule has 0 radical (unpaired) electrons. The number of ether oxygens (including phenoxy) is 1. The van der Waals surface area contributed by atoms with E-state index in [1.54, 1.807) is 0 Å². The minimum Gasteiger partial charge on any atom is -0.480 e. The third kappa shape index (κ3) is 3.34. The molecule has 0 atom stereocenters. The molecule has 5 nitrogen and oxygen atoms in total. The summed E-state index contributed by atoms with van der Waals surface area (Å²) in [5, 5.41) is 12.2. The van der Waals surface area contributed by atoms with Crippen LogP contribution in [0.4, 0.5) is 0 Å². The summed E-state index contributed by atoms with van der Waals surface area (Å²) in [7, 11) is 0. The van der Waals surface area contributed by atoms with Crippen molar-refractivity contribution in [1.29, 1.82) is 0 Å². The molecule has 106 valence electrons. The number of aliphatic carboxylic acids is 1. The lowest BCUT2D eigenvalue weighted by Crippen LogP contribution is -2.27. The third-order valence-corrected chi connectivity index (χ3v) is 4.08. The van der Waals surface area contributed by atoms with Crippen molar-refractivity contribution in [3.05, 3.63) is 34.7 Å². The molecule has 2 N–H and O–H groups in total. The van der Waals surface area contributed by atoms with Gasteiger partial charge in [0.1, 0.15) is 6.61 Å². The van der Waals surface area contributed by atoms with Crippen molar-refractivity contribution < 1.29 is 19.4 Å². The molecule has 0 saturated heterocycles. The quantitative estimate of drug-likeness (QED) is 0.799. The molecule has 0 aliphatic heterocycles. The van der Waals surface area contributed by atoms with E-state index >= 15 is 0 Å². The van der Waals surface area contributed by atoms with E-state index < -0.39 is 5.97 Å². The highest BCUT2D eigenvalue weighted by Crippen LogP contribution is 2.30. The zero-order valence-electron chi connectivity index (χ0n) is 11.0. The molecule has 6 heteroatoms. The first-order valence-corrected chi connectivity index (χ1v) is 6.97. The van der Waals surface area contributed by atoms with Crippen molar-refractivity contribution in [3.8, 4) is 0 Å². The molecule has 1 aromatic carbocycles. The lowest BCUT2D eigenvalue weighted by molar-refractivity contribution is -0.142. The van der Waals surface area contributed by atoms with Gasteiger partial charge in [0.25, 0.3) is 5.91 Å². The molecule has 20 heavy (non-hydrogen) atoms. The predicted molar refractivity (Wildman–Crippen MR) is 77.4 cm³/mol. The number of carboxylic acid groups (broad SMARTS) is 1. The molecule has 0 spiro atoms. The molecule has 1 aromatic heterocycles. The molecule has 0 aliphatic rings. The second-order valence-electron chi connectivity index (χ2n) is 4.25. The Morgan fingerprint density at radius 1 is 1.35 bits per heavy atom. The number of carbonyl (C=O) groups is 2. The Labute approximate surface area is 120 Å². The standard InChI is InChI=1S/C14H15NO4S/c1-9-10-4-2-3-5-11(10)20-13(9)14(18)15-6-7-19-8-12(16)17/h2-5H,6-8H2,1H3,(H,15,18)(H,16,17). The number of thiophene rings is 1. The molecule has 0 fully saturated rings. The van der Waals surface area contributed by atoms with Crippen LogP contribution in [-0.4, -0.2) is 36.7 Å². The average Bonchev–Trinajstić information content (AvgIpc) is 2.76. The maximum atomic E-state index is 12.1. The van der Waals surface area contributed by atoms with Gasteiger partial charge in [-0.15, -0.1) is 11.3 Å². The summed E-state index contributed by atoms with van der Waals surface area (Å²) in [5.74, 6) is -1.17. The van der Waals surface area contributed by atoms with Crippen molar-refractivity contribution in [2.45, 2.75) is 6.92 Å². The highest BCUT2D eigenvalue weighted by atomic mass is 32.1. The Morgan fingerprint density at radius 2 is 2.10 bits per heavy atom. The van der Waals surface area contributed by atoms with E-state index in [9.17, 15) is 9.59 Å². The summed E-state index contributed by atoms with van der Waals surface area (Å²) in [6, 6.07) is 7.87. The molecule has 2 rings (SSSR count). The van der Waals surface area contributed by atoms with Crippen molar-refractivity contribution in [2.75, 3.05) is 19.8 Å². The zero-order chi connectivity index (χ0) is 14.5. The van der Waals surface area contributed by atoms with Gasteiger partial charge in [0.15, 0.2) is 0 Å². The van der Waals surface area contributed by atoms with Gasteiger partial charge >= 0.3 is 5.97 Å². The van der Waals surface area contributed by atoms with Gasteiger partial charge in [0, 0.05) is 11.2 Å². The maximum Gasteiger partial charge on any atom is 0.329 e. The van der Waals surface area contributed by atoms with Gasteiger partial charge in [0.2, 0.25) is 0 Å². The Kier molecular flexibility index (Phi) is 4.70. The summed E-state index contributed by atoms with van der Waals surface area (Å²) in [6.45, 7) is 2.05. The molecule has 0 saturated carbocycles. The minimum atomic E-state index is -1.02. The monoisotopic (exact) mass is 293 g/mol. The van der Waals surface area contributed by atoms with Gasteiger partial charge in [-0.25, -0.2) is 4.79 Å². The molecule has 1 heterocycles. The van der Waals surface area contributed by atoms with Crippen LogP contribution >= 0.6 is 11.3 Å². The fourth-order valence-electron chi connectivity index (χ4n) is 1.87. The third-order valence-electron chi connectivity index (χ3n) is 2.81. The first kappa shape index (κ1) is 14.5. The predicted octanol–water partition coefficient (Wildman–Crippen LogP) is 2.04. The fraction of sp³-hybridized carbons (Fsp3) is 0.286. The van der Waals surface area contributed by atoms with Gasteiger partial charge in [-0.1, -0.05) is 18.2 Å². The van der Waals surface area contributed by atoms with Crippen LogP contribution in [0.15, 0.2) is 24.3 Å². The van der Waals surface area contributed by atoms with Gasteiger partial charge in [0.05, 0.1) is 11.5 Å². The van der Waals surface area contributed by atoms with Crippen LogP contribution < -0.4 is 5.32 Å². The number of nitrogens with one attached hydrogen (secondary N) is 1. The minimum absolute atomic E-state index is 0.150. The van der Waals surface area contributed by atoms with Crippen LogP contribution in [-0.2, 0) is 9.53 Å². The number of hydrogen-bond acceptors (Lipinski definition) is 4. The normalized spacial score (nSPS) is 10.7. The molecule has 1 amide bonds. The summed E-state index contributed by atoms with van der Waals surface area (Å²) in [4.78, 5) is 23.0. The van der Waals surface area contributed by atoms with Crippen LogP contribution in [0.3, 0.4) is 0 Å². The lowest BCUT2D eigenvalue weighted by Gasteiger charge is -2.04. The number of rotatable bonds is 6. The first-order chi connectivity index (χ1) is 9.59. The summed E-state index contributed by atoms with van der Waals surface area (Å²) >= 11 is 1.45. The van der Waals surface area contributed by atoms with Gasteiger partial charge in [-0.3, -0.25) is 4.79 Å². The van der Waals surface area contributed by atoms with E-state index in [0.29, 0.717) is 11.4 Å². The maximum absolute atomic E-state index is 12.1. The molecule has 0 unspecified atom stereocenters. The van der Waals surface area contributed by atoms with E-state index in [1.807, 2.05) is 31.2 Å². The van der Waals surface area contributed by atoms with Crippen LogP contribution in [0, 0.1) is 6.92 Å². The number of hydrogen-bond donors (Lipinski definition) is 2. The van der Waals surface area contributed by atoms with Crippen molar-refractivity contribution >= 4 is 33.3 Å². The van der Waals surface area contributed by atoms with Crippen LogP contribution in [0.2, 0.25) is 0 Å². The number of benzene rings is 1. The highest BCUT2D eigenvalue weighted by molar-refractivity contribution is 7.21. The summed E-state index contributed by atoms with van der Waals surface area (Å²) in [5.41, 5.74) is 0.967. The fourth-order valence-corrected chi connectivity index (χ4v) is 2.99. The number of aryl methyl sites for hydroxylation is 1. The Balaban J connectivity index is 1.94. The Morgan fingerprint density at radius 3 is 2.80 bits per heavy atom. The van der Waals surface area contributed by atoms with Crippen molar-refractivity contribution in [3.63, 3.8) is 0 Å². The van der Waals surface area contributed by atoms with E-state index in [-0.39, 0.29) is 19.1 Å². The molecule has 0 bridgehead atoms. The van der Waals surface area contributed by atoms with E-state index in [0.717, 1.165) is 15.6 Å². The molecular weight excluding hydrogens is 278 g/mol. The average molecular weight is 293 g/mol.